The van der Waals surface area contributed by atoms with E-state index >= 15 is 0 Å². The highest BCUT2D eigenvalue weighted by atomic mass is 16.5. The summed E-state index contributed by atoms with van der Waals surface area (Å²) in [4.78, 5) is 15.2. The Kier molecular flexibility index (Phi) is 2.38. The van der Waals surface area contributed by atoms with Crippen LogP contribution >= 0.6 is 0 Å². The lowest BCUT2D eigenvalue weighted by Gasteiger charge is -1.97. The highest BCUT2D eigenvalue weighted by Crippen LogP contribution is 2.36. The third kappa shape index (κ3) is 1.80. The van der Waals surface area contributed by atoms with Crippen LogP contribution in [0.1, 0.15) is 11.1 Å². The van der Waals surface area contributed by atoms with E-state index in [1.165, 1.54) is 0 Å². The molecule has 0 bridgehead atoms. The second kappa shape index (κ2) is 4.24. The van der Waals surface area contributed by atoms with Gasteiger partial charge in [0.1, 0.15) is 5.75 Å². The summed E-state index contributed by atoms with van der Waals surface area (Å²) in [6, 6.07) is 13.1. The Labute approximate surface area is 120 Å². The van der Waals surface area contributed by atoms with E-state index in [0.29, 0.717) is 17.0 Å². The van der Waals surface area contributed by atoms with Crippen molar-refractivity contribution in [2.24, 2.45) is 0 Å². The zero-order valence-corrected chi connectivity index (χ0v) is 11.1. The fourth-order valence-electron chi connectivity index (χ4n) is 2.61. The maximum atomic E-state index is 12.0. The standard InChI is InChI=1S/C17H12N2O2/c18-11-5-6-15-13(8-11)10(9-19-15)7-14-12-3-1-2-4-16(12)21-17(14)20/h1-9,19H,18H2. The van der Waals surface area contributed by atoms with Gasteiger partial charge in [0, 0.05) is 33.9 Å². The predicted molar refractivity (Wildman–Crippen MR) is 82.7 cm³/mol. The van der Waals surface area contributed by atoms with Gasteiger partial charge < -0.3 is 15.5 Å². The van der Waals surface area contributed by atoms with Gasteiger partial charge in [-0.15, -0.1) is 0 Å². The van der Waals surface area contributed by atoms with Crippen LogP contribution in [0, 0.1) is 0 Å². The van der Waals surface area contributed by atoms with E-state index in [1.807, 2.05) is 48.7 Å². The number of anilines is 1. The van der Waals surface area contributed by atoms with E-state index in [0.717, 1.165) is 22.0 Å². The molecule has 102 valence electrons. The molecule has 4 heteroatoms. The molecule has 0 saturated heterocycles. The van der Waals surface area contributed by atoms with Crippen LogP contribution < -0.4 is 10.5 Å². The lowest BCUT2D eigenvalue weighted by atomic mass is 10.0. The van der Waals surface area contributed by atoms with Crippen molar-refractivity contribution in [3.05, 3.63) is 59.8 Å². The normalized spacial score (nSPS) is 15.4. The third-order valence-corrected chi connectivity index (χ3v) is 3.64. The van der Waals surface area contributed by atoms with Gasteiger partial charge in [-0.05, 0) is 30.3 Å². The highest BCUT2D eigenvalue weighted by molar-refractivity contribution is 6.26. The fourth-order valence-corrected chi connectivity index (χ4v) is 2.61. The Morgan fingerprint density at radius 2 is 2.00 bits per heavy atom. The molecule has 1 aliphatic heterocycles. The topological polar surface area (TPSA) is 68.1 Å². The second-order valence-corrected chi connectivity index (χ2v) is 4.99. The number of hydrogen-bond acceptors (Lipinski definition) is 3. The molecule has 0 unspecified atom stereocenters. The minimum atomic E-state index is -0.325. The predicted octanol–water partition coefficient (Wildman–Crippen LogP) is 3.21. The molecular formula is C17H12N2O2. The first-order valence-electron chi connectivity index (χ1n) is 6.62. The Morgan fingerprint density at radius 3 is 2.90 bits per heavy atom. The number of esters is 1. The first kappa shape index (κ1) is 11.8. The summed E-state index contributed by atoms with van der Waals surface area (Å²) in [6.07, 6.45) is 3.71. The Balaban J connectivity index is 1.91. The average molecular weight is 276 g/mol. The largest absolute Gasteiger partial charge is 0.422 e. The summed E-state index contributed by atoms with van der Waals surface area (Å²) in [5.74, 6) is 0.280. The van der Waals surface area contributed by atoms with Crippen LogP contribution in [0.25, 0.3) is 22.6 Å². The molecule has 4 nitrogen and oxygen atoms in total. The average Bonchev–Trinajstić information content (AvgIpc) is 3.01. The van der Waals surface area contributed by atoms with Crippen molar-refractivity contribution in [1.29, 1.82) is 0 Å². The minimum Gasteiger partial charge on any atom is -0.422 e. The van der Waals surface area contributed by atoms with Crippen LogP contribution in [0.15, 0.2) is 48.7 Å². The number of fused-ring (bicyclic) bond motifs is 2. The molecule has 0 fully saturated rings. The number of carbonyl (C=O) groups is 1. The van der Waals surface area contributed by atoms with Gasteiger partial charge in [0.2, 0.25) is 0 Å². The molecule has 0 atom stereocenters. The second-order valence-electron chi connectivity index (χ2n) is 4.99. The monoisotopic (exact) mass is 276 g/mol. The summed E-state index contributed by atoms with van der Waals surface area (Å²) in [5, 5.41) is 0.986. The maximum absolute atomic E-state index is 12.0. The molecule has 0 aliphatic carbocycles. The number of carbonyl (C=O) groups excluding carboxylic acids is 1. The lowest BCUT2D eigenvalue weighted by Crippen LogP contribution is -2.00. The van der Waals surface area contributed by atoms with Gasteiger partial charge in [-0.25, -0.2) is 4.79 Å². The number of nitrogens with two attached hydrogens (primary N) is 1. The molecule has 1 aromatic heterocycles. The van der Waals surface area contributed by atoms with E-state index in [1.54, 1.807) is 6.07 Å². The SMILES string of the molecule is Nc1ccc2[nH]cc(C=C3C(=O)Oc4ccccc43)c2c1. The number of aromatic amines is 1. The molecule has 2 heterocycles. The van der Waals surface area contributed by atoms with Crippen LogP contribution in [0.4, 0.5) is 5.69 Å². The quantitative estimate of drug-likeness (QED) is 0.310. The Bertz CT molecular complexity index is 906. The number of benzene rings is 2. The number of hydrogen-bond donors (Lipinski definition) is 2. The zero-order chi connectivity index (χ0) is 14.4. The minimum absolute atomic E-state index is 0.325. The van der Waals surface area contributed by atoms with Crippen LogP contribution in [0.3, 0.4) is 0 Å². The van der Waals surface area contributed by atoms with E-state index in [2.05, 4.69) is 4.98 Å². The molecule has 21 heavy (non-hydrogen) atoms. The van der Waals surface area contributed by atoms with Crippen molar-refractivity contribution in [3.63, 3.8) is 0 Å². The summed E-state index contributed by atoms with van der Waals surface area (Å²) >= 11 is 0. The Hall–Kier alpha value is -3.01. The third-order valence-electron chi connectivity index (χ3n) is 3.64. The highest BCUT2D eigenvalue weighted by Gasteiger charge is 2.26. The van der Waals surface area contributed by atoms with Crippen molar-refractivity contribution < 1.29 is 9.53 Å². The summed E-state index contributed by atoms with van der Waals surface area (Å²) in [5.41, 5.74) is 9.81. The number of para-hydroxylation sites is 1. The smallest absolute Gasteiger partial charge is 0.344 e. The number of aromatic nitrogens is 1. The molecule has 0 radical (unpaired) electrons. The van der Waals surface area contributed by atoms with Gasteiger partial charge in [0.25, 0.3) is 0 Å². The van der Waals surface area contributed by atoms with Crippen LogP contribution in [0.5, 0.6) is 5.75 Å². The molecule has 0 saturated carbocycles. The van der Waals surface area contributed by atoms with Gasteiger partial charge in [-0.1, -0.05) is 18.2 Å². The molecule has 3 aromatic rings. The number of nitrogen functional groups attached to an aromatic ring is 1. The molecule has 1 aliphatic rings. The van der Waals surface area contributed by atoms with E-state index in [-0.39, 0.29) is 5.97 Å². The van der Waals surface area contributed by atoms with Crippen molar-refractivity contribution >= 4 is 34.2 Å². The van der Waals surface area contributed by atoms with Crippen LogP contribution in [-0.4, -0.2) is 11.0 Å². The van der Waals surface area contributed by atoms with Crippen molar-refractivity contribution in [2.75, 3.05) is 5.73 Å². The van der Waals surface area contributed by atoms with Gasteiger partial charge in [0.15, 0.2) is 0 Å². The van der Waals surface area contributed by atoms with Crippen molar-refractivity contribution in [2.45, 2.75) is 0 Å². The molecule has 0 spiro atoms. The number of rotatable bonds is 1. The number of H-pyrrole nitrogens is 1. The van der Waals surface area contributed by atoms with Crippen LogP contribution in [-0.2, 0) is 4.79 Å². The molecule has 4 rings (SSSR count). The summed E-state index contributed by atoms with van der Waals surface area (Å²) in [7, 11) is 0. The van der Waals surface area contributed by atoms with E-state index < -0.39 is 0 Å². The lowest BCUT2D eigenvalue weighted by molar-refractivity contribution is -0.126. The Morgan fingerprint density at radius 1 is 1.14 bits per heavy atom. The molecule has 0 amide bonds. The van der Waals surface area contributed by atoms with Gasteiger partial charge in [-0.3, -0.25) is 0 Å². The first-order valence-corrected chi connectivity index (χ1v) is 6.62. The van der Waals surface area contributed by atoms with Crippen molar-refractivity contribution in [1.82, 2.24) is 4.98 Å². The molecule has 3 N–H and O–H groups in total. The van der Waals surface area contributed by atoms with E-state index in [9.17, 15) is 4.79 Å². The number of ether oxygens (including phenoxy) is 1. The van der Waals surface area contributed by atoms with Gasteiger partial charge in [-0.2, -0.15) is 0 Å². The fraction of sp³-hybridized carbons (Fsp3) is 0. The molecular weight excluding hydrogens is 264 g/mol. The molecule has 2 aromatic carbocycles. The maximum Gasteiger partial charge on any atom is 0.344 e. The van der Waals surface area contributed by atoms with Gasteiger partial charge >= 0.3 is 5.97 Å². The zero-order valence-electron chi connectivity index (χ0n) is 11.1. The first-order chi connectivity index (χ1) is 10.2. The number of nitrogens with one attached hydrogen (secondary N) is 1. The van der Waals surface area contributed by atoms with Gasteiger partial charge in [0.05, 0.1) is 5.57 Å². The summed E-state index contributed by atoms with van der Waals surface area (Å²) < 4.78 is 5.26. The van der Waals surface area contributed by atoms with E-state index in [4.69, 9.17) is 10.5 Å². The van der Waals surface area contributed by atoms with Crippen LogP contribution in [0.2, 0.25) is 0 Å². The van der Waals surface area contributed by atoms with Crippen molar-refractivity contribution in [3.8, 4) is 5.75 Å². The summed E-state index contributed by atoms with van der Waals surface area (Å²) in [6.45, 7) is 0.